The Morgan fingerprint density at radius 3 is 2.55 bits per heavy atom. The molecule has 0 aliphatic carbocycles. The van der Waals surface area contributed by atoms with Gasteiger partial charge in [-0.05, 0) is 36.6 Å². The zero-order valence-corrected chi connectivity index (χ0v) is 12.9. The van der Waals surface area contributed by atoms with Crippen molar-refractivity contribution in [3.63, 3.8) is 0 Å². The molecule has 3 rings (SSSR count). The number of anilines is 2. The summed E-state index contributed by atoms with van der Waals surface area (Å²) in [5.41, 5.74) is 3.17. The van der Waals surface area contributed by atoms with Crippen LogP contribution in [0.25, 0.3) is 0 Å². The van der Waals surface area contributed by atoms with Crippen molar-refractivity contribution in [3.05, 3.63) is 48.0 Å². The van der Waals surface area contributed by atoms with Gasteiger partial charge in [0, 0.05) is 9.79 Å². The Morgan fingerprint density at radius 2 is 1.77 bits per heavy atom. The van der Waals surface area contributed by atoms with Gasteiger partial charge in [0.05, 0.1) is 17.1 Å². The van der Waals surface area contributed by atoms with Crippen LogP contribution in [0.3, 0.4) is 0 Å². The fourth-order valence-electron chi connectivity index (χ4n) is 2.37. The quantitative estimate of drug-likeness (QED) is 0.562. The third kappa shape index (κ3) is 4.28. The standard InChI is InChI=1S/C15H15NO3S2.Na.H/c17-21(18,19)10-4-6-11-5-3-9-14-15(11)16-12-7-1-2-8-13(12)20-14;;/h1-3,5,7-9,16H,4,6,10H2,(H,17,18,19);;. The number of fused-ring (bicyclic) bond motifs is 2. The normalized spacial score (nSPS) is 12.6. The molecule has 0 saturated heterocycles. The van der Waals surface area contributed by atoms with Crippen molar-refractivity contribution >= 4 is 62.8 Å². The van der Waals surface area contributed by atoms with Crippen molar-refractivity contribution in [1.82, 2.24) is 0 Å². The van der Waals surface area contributed by atoms with Crippen molar-refractivity contribution in [2.45, 2.75) is 22.6 Å². The fourth-order valence-corrected chi connectivity index (χ4v) is 3.92. The third-order valence-corrected chi connectivity index (χ3v) is 5.27. The first-order chi connectivity index (χ1) is 10.0. The van der Waals surface area contributed by atoms with Gasteiger partial charge in [-0.1, -0.05) is 36.0 Å². The van der Waals surface area contributed by atoms with E-state index in [0.717, 1.165) is 21.8 Å². The van der Waals surface area contributed by atoms with E-state index < -0.39 is 10.1 Å². The van der Waals surface area contributed by atoms with E-state index >= 15 is 0 Å². The minimum absolute atomic E-state index is 0. The first-order valence-electron chi connectivity index (χ1n) is 6.64. The van der Waals surface area contributed by atoms with Crippen LogP contribution in [-0.2, 0) is 16.5 Å². The summed E-state index contributed by atoms with van der Waals surface area (Å²) in [7, 11) is -3.89. The third-order valence-electron chi connectivity index (χ3n) is 3.33. The average Bonchev–Trinajstić information content (AvgIpc) is 2.44. The molecule has 0 atom stereocenters. The molecule has 22 heavy (non-hydrogen) atoms. The van der Waals surface area contributed by atoms with Crippen LogP contribution in [0.4, 0.5) is 11.4 Å². The van der Waals surface area contributed by atoms with Gasteiger partial charge in [-0.15, -0.1) is 0 Å². The summed E-state index contributed by atoms with van der Waals surface area (Å²) in [5, 5.41) is 3.42. The second kappa shape index (κ2) is 7.38. The molecule has 4 nitrogen and oxygen atoms in total. The van der Waals surface area contributed by atoms with Gasteiger partial charge in [0.15, 0.2) is 0 Å². The summed E-state index contributed by atoms with van der Waals surface area (Å²) in [6.45, 7) is 0. The molecule has 2 aromatic carbocycles. The predicted molar refractivity (Wildman–Crippen MR) is 92.2 cm³/mol. The van der Waals surface area contributed by atoms with Crippen LogP contribution < -0.4 is 5.32 Å². The molecule has 0 spiro atoms. The molecule has 0 unspecified atom stereocenters. The summed E-state index contributed by atoms with van der Waals surface area (Å²) >= 11 is 1.71. The first kappa shape index (κ1) is 17.8. The molecular formula is C15H16NNaO3S2. The van der Waals surface area contributed by atoms with Crippen LogP contribution in [0.5, 0.6) is 0 Å². The maximum absolute atomic E-state index is 10.8. The summed E-state index contributed by atoms with van der Waals surface area (Å²) in [5.74, 6) is -0.208. The molecule has 0 radical (unpaired) electrons. The summed E-state index contributed by atoms with van der Waals surface area (Å²) in [4.78, 5) is 2.32. The Balaban J connectivity index is 0.00000176. The molecule has 1 aliphatic heterocycles. The van der Waals surface area contributed by atoms with E-state index in [2.05, 4.69) is 17.4 Å². The van der Waals surface area contributed by atoms with Crippen LogP contribution >= 0.6 is 11.8 Å². The van der Waals surface area contributed by atoms with Crippen molar-refractivity contribution in [2.75, 3.05) is 11.1 Å². The predicted octanol–water partition coefficient (Wildman–Crippen LogP) is 3.07. The zero-order chi connectivity index (χ0) is 14.9. The van der Waals surface area contributed by atoms with Gasteiger partial charge < -0.3 is 5.32 Å². The van der Waals surface area contributed by atoms with Crippen LogP contribution in [0, 0.1) is 0 Å². The van der Waals surface area contributed by atoms with Gasteiger partial charge in [0.25, 0.3) is 10.1 Å². The Labute approximate surface area is 156 Å². The molecule has 0 bridgehead atoms. The number of nitrogens with one attached hydrogen (secondary N) is 1. The van der Waals surface area contributed by atoms with E-state index in [1.165, 1.54) is 4.90 Å². The Kier molecular flexibility index (Phi) is 5.99. The van der Waals surface area contributed by atoms with Crippen molar-refractivity contribution in [3.8, 4) is 0 Å². The number of benzene rings is 2. The first-order valence-corrected chi connectivity index (χ1v) is 9.06. The molecule has 0 saturated carbocycles. The monoisotopic (exact) mass is 345 g/mol. The number of para-hydroxylation sites is 2. The summed E-state index contributed by atoms with van der Waals surface area (Å²) < 4.78 is 30.4. The molecule has 1 heterocycles. The van der Waals surface area contributed by atoms with E-state index in [4.69, 9.17) is 4.55 Å². The van der Waals surface area contributed by atoms with E-state index in [0.29, 0.717) is 12.8 Å². The molecule has 0 fully saturated rings. The molecule has 112 valence electrons. The van der Waals surface area contributed by atoms with Gasteiger partial charge in [-0.25, -0.2) is 0 Å². The molecular weight excluding hydrogens is 329 g/mol. The molecule has 7 heteroatoms. The Bertz CT molecular complexity index is 778. The van der Waals surface area contributed by atoms with Gasteiger partial charge in [0.2, 0.25) is 0 Å². The number of hydrogen-bond acceptors (Lipinski definition) is 4. The van der Waals surface area contributed by atoms with E-state index in [9.17, 15) is 8.42 Å². The maximum atomic E-state index is 10.8. The summed E-state index contributed by atoms with van der Waals surface area (Å²) in [6, 6.07) is 14.1. The second-order valence-electron chi connectivity index (χ2n) is 4.90. The van der Waals surface area contributed by atoms with E-state index in [1.54, 1.807) is 11.8 Å². The van der Waals surface area contributed by atoms with Crippen molar-refractivity contribution in [1.29, 1.82) is 0 Å². The van der Waals surface area contributed by atoms with Gasteiger partial charge >= 0.3 is 29.6 Å². The number of hydrogen-bond donors (Lipinski definition) is 2. The van der Waals surface area contributed by atoms with Gasteiger partial charge in [-0.3, -0.25) is 4.55 Å². The van der Waals surface area contributed by atoms with Crippen LogP contribution in [-0.4, -0.2) is 48.3 Å². The van der Waals surface area contributed by atoms with Gasteiger partial charge in [-0.2, -0.15) is 8.42 Å². The Hall–Kier alpha value is -0.500. The number of aryl methyl sites for hydroxylation is 1. The Morgan fingerprint density at radius 1 is 1.05 bits per heavy atom. The topological polar surface area (TPSA) is 66.4 Å². The van der Waals surface area contributed by atoms with Gasteiger partial charge in [0.1, 0.15) is 0 Å². The minimum atomic E-state index is -3.89. The SMILES string of the molecule is O=S(=O)(O)CCCc1cccc2c1Nc1ccccc1S2.[NaH]. The molecule has 1 aliphatic rings. The second-order valence-corrected chi connectivity index (χ2v) is 7.56. The number of rotatable bonds is 4. The van der Waals surface area contributed by atoms with E-state index in [-0.39, 0.29) is 35.3 Å². The molecule has 0 aromatic heterocycles. The average molecular weight is 345 g/mol. The fraction of sp³-hybridized carbons (Fsp3) is 0.200. The van der Waals surface area contributed by atoms with Crippen molar-refractivity contribution in [2.24, 2.45) is 0 Å². The van der Waals surface area contributed by atoms with Crippen molar-refractivity contribution < 1.29 is 13.0 Å². The molecule has 2 aromatic rings. The van der Waals surface area contributed by atoms with Crippen LogP contribution in [0.1, 0.15) is 12.0 Å². The van der Waals surface area contributed by atoms with Crippen LogP contribution in [0.15, 0.2) is 52.3 Å². The van der Waals surface area contributed by atoms with Crippen LogP contribution in [0.2, 0.25) is 0 Å². The molecule has 2 N–H and O–H groups in total. The zero-order valence-electron chi connectivity index (χ0n) is 11.2. The summed E-state index contributed by atoms with van der Waals surface area (Å²) in [6.07, 6.45) is 1.02. The van der Waals surface area contributed by atoms with E-state index in [1.807, 2.05) is 30.3 Å². The molecule has 0 amide bonds.